The zero-order valence-corrected chi connectivity index (χ0v) is 17.0. The highest BCUT2D eigenvalue weighted by molar-refractivity contribution is 7.92. The van der Waals surface area contributed by atoms with Crippen LogP contribution in [0.25, 0.3) is 0 Å². The van der Waals surface area contributed by atoms with E-state index in [4.69, 9.17) is 0 Å². The molecule has 2 aliphatic rings. The lowest BCUT2D eigenvalue weighted by atomic mass is 9.90. The smallest absolute Gasteiger partial charge is 0.326 e. The van der Waals surface area contributed by atoms with E-state index in [0.717, 1.165) is 30.0 Å². The summed E-state index contributed by atoms with van der Waals surface area (Å²) in [5, 5.41) is 13.4. The summed E-state index contributed by atoms with van der Waals surface area (Å²) in [4.78, 5) is 26.3. The Bertz CT molecular complexity index is 868. The molecule has 1 aliphatic carbocycles. The van der Waals surface area contributed by atoms with Crippen LogP contribution in [0.2, 0.25) is 0 Å². The average Bonchev–Trinajstić information content (AvgIpc) is 2.86. The number of aromatic hydroxyl groups is 1. The molecule has 10 heteroatoms. The third-order valence-electron chi connectivity index (χ3n) is 5.37. The molecule has 9 nitrogen and oxygen atoms in total. The third kappa shape index (κ3) is 4.07. The van der Waals surface area contributed by atoms with Crippen molar-refractivity contribution in [3.05, 3.63) is 23.3 Å². The molecule has 0 atom stereocenters. The lowest BCUT2D eigenvalue weighted by Gasteiger charge is -2.33. The number of carbonyl (C=O) groups is 2. The number of hydrogen-bond donors (Lipinski definition) is 3. The van der Waals surface area contributed by atoms with E-state index in [9.17, 15) is 23.1 Å². The average molecular weight is 410 g/mol. The molecule has 2 fully saturated rings. The molecule has 0 bridgehead atoms. The molecule has 0 aromatic heterocycles. The SMILES string of the molecule is Cc1cc(C(=O)N[C@H]2CC[C@H](N(C)C)CC2)cc(O)c1N1CC(=O)NS1(=O)=O. The quantitative estimate of drug-likeness (QED) is 0.665. The lowest BCUT2D eigenvalue weighted by Crippen LogP contribution is -2.41. The number of benzene rings is 1. The van der Waals surface area contributed by atoms with Gasteiger partial charge in [0, 0.05) is 17.6 Å². The number of nitrogens with one attached hydrogen (secondary N) is 2. The third-order valence-corrected chi connectivity index (χ3v) is 6.75. The summed E-state index contributed by atoms with van der Waals surface area (Å²) in [6, 6.07) is 3.36. The minimum atomic E-state index is -4.03. The summed E-state index contributed by atoms with van der Waals surface area (Å²) < 4.78 is 26.7. The Kier molecular flexibility index (Phi) is 5.53. The van der Waals surface area contributed by atoms with Crippen molar-refractivity contribution in [2.24, 2.45) is 0 Å². The van der Waals surface area contributed by atoms with E-state index in [2.05, 4.69) is 24.3 Å². The van der Waals surface area contributed by atoms with Crippen LogP contribution in [-0.4, -0.2) is 63.0 Å². The Labute approximate surface area is 164 Å². The molecular formula is C18H26N4O5S. The van der Waals surface area contributed by atoms with Gasteiger partial charge in [0.05, 0.1) is 5.69 Å². The number of amides is 2. The molecule has 1 aliphatic heterocycles. The van der Waals surface area contributed by atoms with Gasteiger partial charge >= 0.3 is 10.2 Å². The summed E-state index contributed by atoms with van der Waals surface area (Å²) >= 11 is 0. The lowest BCUT2D eigenvalue weighted by molar-refractivity contribution is -0.117. The molecule has 0 unspecified atom stereocenters. The molecule has 0 spiro atoms. The Hall–Kier alpha value is -2.33. The highest BCUT2D eigenvalue weighted by Gasteiger charge is 2.36. The summed E-state index contributed by atoms with van der Waals surface area (Å²) in [5.74, 6) is -1.34. The fraction of sp³-hybridized carbons (Fsp3) is 0.556. The van der Waals surface area contributed by atoms with Gasteiger partial charge in [-0.15, -0.1) is 0 Å². The molecule has 2 amide bonds. The molecule has 1 saturated heterocycles. The second-order valence-electron chi connectivity index (χ2n) is 7.64. The number of phenols is 1. The molecule has 3 N–H and O–H groups in total. The molecule has 0 radical (unpaired) electrons. The maximum absolute atomic E-state index is 12.6. The van der Waals surface area contributed by atoms with Crippen molar-refractivity contribution in [1.29, 1.82) is 0 Å². The molecule has 28 heavy (non-hydrogen) atoms. The number of rotatable bonds is 4. The monoisotopic (exact) mass is 410 g/mol. The summed E-state index contributed by atoms with van der Waals surface area (Å²) in [6.07, 6.45) is 3.79. The fourth-order valence-corrected chi connectivity index (χ4v) is 5.10. The molecule has 1 saturated carbocycles. The highest BCUT2D eigenvalue weighted by Crippen LogP contribution is 2.35. The summed E-state index contributed by atoms with van der Waals surface area (Å²) in [5.41, 5.74) is 0.646. The van der Waals surface area contributed by atoms with Gasteiger partial charge in [-0.2, -0.15) is 8.42 Å². The van der Waals surface area contributed by atoms with Crippen molar-refractivity contribution < 1.29 is 23.1 Å². The molecule has 154 valence electrons. The second-order valence-corrected chi connectivity index (χ2v) is 9.24. The van der Waals surface area contributed by atoms with Crippen LogP contribution in [0.15, 0.2) is 12.1 Å². The number of anilines is 1. The minimum Gasteiger partial charge on any atom is -0.506 e. The van der Waals surface area contributed by atoms with Crippen LogP contribution in [-0.2, 0) is 15.0 Å². The summed E-state index contributed by atoms with van der Waals surface area (Å²) in [6.45, 7) is 1.18. The van der Waals surface area contributed by atoms with Crippen molar-refractivity contribution in [3.8, 4) is 5.75 Å². The Morgan fingerprint density at radius 2 is 1.89 bits per heavy atom. The molecule has 1 aromatic carbocycles. The van der Waals surface area contributed by atoms with E-state index in [1.54, 1.807) is 6.92 Å². The van der Waals surface area contributed by atoms with E-state index < -0.39 is 22.7 Å². The molecule has 1 aromatic rings. The van der Waals surface area contributed by atoms with Crippen LogP contribution in [0.1, 0.15) is 41.6 Å². The first-order valence-electron chi connectivity index (χ1n) is 9.22. The van der Waals surface area contributed by atoms with E-state index >= 15 is 0 Å². The van der Waals surface area contributed by atoms with Crippen molar-refractivity contribution >= 4 is 27.7 Å². The summed E-state index contributed by atoms with van der Waals surface area (Å²) in [7, 11) is 0.0786. The van der Waals surface area contributed by atoms with Gasteiger partial charge in [-0.3, -0.25) is 9.59 Å². The molecule has 1 heterocycles. The fourth-order valence-electron chi connectivity index (χ4n) is 3.87. The predicted molar refractivity (Wildman–Crippen MR) is 104 cm³/mol. The van der Waals surface area contributed by atoms with E-state index in [0.29, 0.717) is 11.6 Å². The van der Waals surface area contributed by atoms with E-state index in [-0.39, 0.29) is 28.9 Å². The minimum absolute atomic E-state index is 0.00129. The van der Waals surface area contributed by atoms with Crippen molar-refractivity contribution in [2.75, 3.05) is 24.9 Å². The first-order chi connectivity index (χ1) is 13.1. The van der Waals surface area contributed by atoms with Crippen molar-refractivity contribution in [1.82, 2.24) is 14.9 Å². The number of hydrogen-bond acceptors (Lipinski definition) is 6. The second kappa shape index (κ2) is 7.59. The van der Waals surface area contributed by atoms with Gasteiger partial charge in [0.2, 0.25) is 0 Å². The van der Waals surface area contributed by atoms with Gasteiger partial charge in [0.15, 0.2) is 0 Å². The van der Waals surface area contributed by atoms with Crippen LogP contribution >= 0.6 is 0 Å². The first kappa shape index (κ1) is 20.4. The van der Waals surface area contributed by atoms with Crippen LogP contribution in [0.5, 0.6) is 5.75 Å². The predicted octanol–water partition coefficient (Wildman–Crippen LogP) is 0.484. The van der Waals surface area contributed by atoms with Gasteiger partial charge in [-0.05, 0) is 64.4 Å². The van der Waals surface area contributed by atoms with E-state index in [1.165, 1.54) is 12.1 Å². The standard InChI is InChI=1S/C18H26N4O5S/c1-11-8-12(18(25)19-13-4-6-14(7-5-13)21(2)3)9-15(23)17(11)22-10-16(24)20-28(22,26)27/h8-9,13-14,23H,4-7,10H2,1-3H3,(H,19,25)(H,20,24)/t13-,14-. The zero-order valence-electron chi connectivity index (χ0n) is 16.2. The van der Waals surface area contributed by atoms with Crippen molar-refractivity contribution in [2.45, 2.75) is 44.7 Å². The Balaban J connectivity index is 1.74. The molecular weight excluding hydrogens is 384 g/mol. The zero-order chi connectivity index (χ0) is 20.6. The Morgan fingerprint density at radius 1 is 1.25 bits per heavy atom. The number of carbonyl (C=O) groups excluding carboxylic acids is 2. The van der Waals surface area contributed by atoms with E-state index in [1.807, 2.05) is 4.72 Å². The van der Waals surface area contributed by atoms with Crippen LogP contribution in [0.3, 0.4) is 0 Å². The van der Waals surface area contributed by atoms with Gasteiger partial charge < -0.3 is 15.3 Å². The normalized spacial score (nSPS) is 24.3. The van der Waals surface area contributed by atoms with Crippen molar-refractivity contribution in [3.63, 3.8) is 0 Å². The largest absolute Gasteiger partial charge is 0.506 e. The van der Waals surface area contributed by atoms with Crippen LogP contribution in [0.4, 0.5) is 5.69 Å². The molecule has 3 rings (SSSR count). The van der Waals surface area contributed by atoms with Gasteiger partial charge in [0.25, 0.3) is 11.8 Å². The maximum atomic E-state index is 12.6. The first-order valence-corrected chi connectivity index (χ1v) is 10.7. The number of aryl methyl sites for hydroxylation is 1. The maximum Gasteiger partial charge on any atom is 0.326 e. The number of phenolic OH excluding ortho intramolecular Hbond substituents is 1. The Morgan fingerprint density at radius 3 is 2.39 bits per heavy atom. The van der Waals surface area contributed by atoms with Gasteiger partial charge in [-0.25, -0.2) is 9.03 Å². The van der Waals surface area contributed by atoms with Crippen LogP contribution in [0, 0.1) is 6.92 Å². The van der Waals surface area contributed by atoms with Crippen LogP contribution < -0.4 is 14.3 Å². The highest BCUT2D eigenvalue weighted by atomic mass is 32.2. The topological polar surface area (TPSA) is 119 Å². The number of nitrogens with zero attached hydrogens (tertiary/aromatic N) is 2. The van der Waals surface area contributed by atoms with Gasteiger partial charge in [0.1, 0.15) is 12.3 Å². The van der Waals surface area contributed by atoms with Gasteiger partial charge in [-0.1, -0.05) is 0 Å².